The van der Waals surface area contributed by atoms with Gasteiger partial charge in [0.05, 0.1) is 6.61 Å². The highest BCUT2D eigenvalue weighted by Crippen LogP contribution is 2.27. The third-order valence-corrected chi connectivity index (χ3v) is 2.71. The largest absolute Gasteiger partial charge is 0.352 e. The molecule has 0 spiro atoms. The van der Waals surface area contributed by atoms with E-state index in [0.29, 0.717) is 5.56 Å². The minimum atomic E-state index is 0.426. The van der Waals surface area contributed by atoms with Crippen LogP contribution in [-0.4, -0.2) is 35.9 Å². The molecule has 0 aromatic rings. The number of ether oxygens (including phenoxy) is 1. The lowest BCUT2D eigenvalue weighted by atomic mass is 10.6. The third-order valence-electron chi connectivity index (χ3n) is 1.58. The second kappa shape index (κ2) is 1.90. The van der Waals surface area contributed by atoms with Crippen molar-refractivity contribution in [3.63, 3.8) is 0 Å². The van der Waals surface area contributed by atoms with Crippen molar-refractivity contribution in [3.8, 4) is 0 Å². The summed E-state index contributed by atoms with van der Waals surface area (Å²) < 4.78 is 5.37. The molecule has 0 amide bonds. The van der Waals surface area contributed by atoms with Gasteiger partial charge in [-0.05, 0) is 0 Å². The van der Waals surface area contributed by atoms with Gasteiger partial charge in [0.25, 0.3) is 0 Å². The maximum Gasteiger partial charge on any atom is 0.158 e. The van der Waals surface area contributed by atoms with Crippen molar-refractivity contribution >= 4 is 11.8 Å². The van der Waals surface area contributed by atoms with Crippen molar-refractivity contribution in [1.82, 2.24) is 4.90 Å². The summed E-state index contributed by atoms with van der Waals surface area (Å²) in [6, 6.07) is 0. The van der Waals surface area contributed by atoms with Crippen molar-refractivity contribution < 1.29 is 4.74 Å². The second-order valence-corrected chi connectivity index (χ2v) is 3.23. The van der Waals surface area contributed by atoms with Gasteiger partial charge in [0.15, 0.2) is 5.56 Å². The first kappa shape index (κ1) is 5.09. The zero-order chi connectivity index (χ0) is 5.40. The van der Waals surface area contributed by atoms with Gasteiger partial charge in [0.1, 0.15) is 0 Å². The number of hydrogen-bond acceptors (Lipinski definition) is 3. The van der Waals surface area contributed by atoms with E-state index in [1.807, 2.05) is 11.8 Å². The van der Waals surface area contributed by atoms with Gasteiger partial charge in [-0.15, -0.1) is 11.8 Å². The molecule has 1 atom stereocenters. The van der Waals surface area contributed by atoms with Crippen LogP contribution >= 0.6 is 11.8 Å². The zero-order valence-electron chi connectivity index (χ0n) is 4.67. The Morgan fingerprint density at radius 2 is 2.50 bits per heavy atom. The molecule has 2 aliphatic rings. The van der Waals surface area contributed by atoms with Crippen molar-refractivity contribution in [3.05, 3.63) is 0 Å². The van der Waals surface area contributed by atoms with E-state index in [-0.39, 0.29) is 0 Å². The average molecular weight is 131 g/mol. The van der Waals surface area contributed by atoms with Crippen LogP contribution in [-0.2, 0) is 4.74 Å². The smallest absolute Gasteiger partial charge is 0.158 e. The number of rotatable bonds is 0. The van der Waals surface area contributed by atoms with E-state index >= 15 is 0 Å². The summed E-state index contributed by atoms with van der Waals surface area (Å²) in [5, 5.41) is 0. The van der Waals surface area contributed by atoms with Crippen LogP contribution in [0.3, 0.4) is 0 Å². The molecular formula is C5H9NOS. The van der Waals surface area contributed by atoms with Crippen LogP contribution in [0.2, 0.25) is 0 Å². The Labute approximate surface area is 53.2 Å². The minimum Gasteiger partial charge on any atom is -0.352 e. The van der Waals surface area contributed by atoms with E-state index in [1.54, 1.807) is 0 Å². The van der Waals surface area contributed by atoms with Gasteiger partial charge in [0, 0.05) is 18.8 Å². The molecule has 0 bridgehead atoms. The van der Waals surface area contributed by atoms with Crippen LogP contribution in [0.15, 0.2) is 0 Å². The van der Waals surface area contributed by atoms with E-state index < -0.39 is 0 Å². The van der Waals surface area contributed by atoms with E-state index in [2.05, 4.69) is 4.90 Å². The van der Waals surface area contributed by atoms with Crippen molar-refractivity contribution in [1.29, 1.82) is 0 Å². The fraction of sp³-hybridized carbons (Fsp3) is 1.00. The fourth-order valence-corrected chi connectivity index (χ4v) is 2.28. The van der Waals surface area contributed by atoms with Crippen LogP contribution in [0, 0.1) is 0 Å². The highest BCUT2D eigenvalue weighted by molar-refractivity contribution is 7.99. The maximum absolute atomic E-state index is 5.37. The topological polar surface area (TPSA) is 12.5 Å². The molecule has 1 unspecified atom stereocenters. The van der Waals surface area contributed by atoms with E-state index in [9.17, 15) is 0 Å². The maximum atomic E-state index is 5.37. The van der Waals surface area contributed by atoms with Gasteiger partial charge in [0.2, 0.25) is 0 Å². The van der Waals surface area contributed by atoms with Gasteiger partial charge < -0.3 is 4.74 Å². The van der Waals surface area contributed by atoms with Gasteiger partial charge in [-0.1, -0.05) is 0 Å². The van der Waals surface area contributed by atoms with Gasteiger partial charge in [-0.3, -0.25) is 4.90 Å². The molecule has 8 heavy (non-hydrogen) atoms. The molecule has 46 valence electrons. The minimum absolute atomic E-state index is 0.426. The van der Waals surface area contributed by atoms with Crippen LogP contribution in [0.5, 0.6) is 0 Å². The highest BCUT2D eigenvalue weighted by Gasteiger charge is 2.29. The van der Waals surface area contributed by atoms with Crippen LogP contribution < -0.4 is 0 Å². The fourth-order valence-electron chi connectivity index (χ4n) is 1.12. The molecular weight excluding hydrogens is 122 g/mol. The quantitative estimate of drug-likeness (QED) is 0.470. The number of hydrogen-bond donors (Lipinski definition) is 0. The Bertz CT molecular complexity index is 78.4. The Morgan fingerprint density at radius 3 is 3.38 bits per heavy atom. The SMILES string of the molecule is C1CN2CCSC2O1. The lowest BCUT2D eigenvalue weighted by Gasteiger charge is -2.08. The first-order valence-corrected chi connectivity index (χ1v) is 3.99. The van der Waals surface area contributed by atoms with E-state index in [4.69, 9.17) is 4.74 Å². The van der Waals surface area contributed by atoms with Crippen LogP contribution in [0.25, 0.3) is 0 Å². The van der Waals surface area contributed by atoms with Gasteiger partial charge >= 0.3 is 0 Å². The normalized spacial score (nSPS) is 38.2. The molecule has 2 fully saturated rings. The Kier molecular flexibility index (Phi) is 1.21. The molecule has 2 aliphatic heterocycles. The summed E-state index contributed by atoms with van der Waals surface area (Å²) in [6.45, 7) is 3.32. The molecule has 0 saturated carbocycles. The van der Waals surface area contributed by atoms with Crippen LogP contribution in [0.4, 0.5) is 0 Å². The van der Waals surface area contributed by atoms with E-state index in [0.717, 1.165) is 13.2 Å². The molecule has 3 heteroatoms. The van der Waals surface area contributed by atoms with Gasteiger partial charge in [-0.25, -0.2) is 0 Å². The predicted molar refractivity (Wildman–Crippen MR) is 33.8 cm³/mol. The Balaban J connectivity index is 2.04. The third kappa shape index (κ3) is 0.658. The predicted octanol–water partition coefficient (Wildman–Crippen LogP) is 0.349. The number of fused-ring (bicyclic) bond motifs is 1. The van der Waals surface area contributed by atoms with Crippen molar-refractivity contribution in [2.75, 3.05) is 25.4 Å². The molecule has 0 N–H and O–H groups in total. The Morgan fingerprint density at radius 1 is 1.50 bits per heavy atom. The number of nitrogens with zero attached hydrogens (tertiary/aromatic N) is 1. The highest BCUT2D eigenvalue weighted by atomic mass is 32.2. The van der Waals surface area contributed by atoms with Crippen molar-refractivity contribution in [2.24, 2.45) is 0 Å². The zero-order valence-corrected chi connectivity index (χ0v) is 5.49. The monoisotopic (exact) mass is 131 g/mol. The van der Waals surface area contributed by atoms with Crippen molar-refractivity contribution in [2.45, 2.75) is 5.56 Å². The van der Waals surface area contributed by atoms with E-state index in [1.165, 1.54) is 12.3 Å². The summed E-state index contributed by atoms with van der Waals surface area (Å²) in [6.07, 6.45) is 0. The summed E-state index contributed by atoms with van der Waals surface area (Å²) in [5.74, 6) is 1.25. The average Bonchev–Trinajstić information content (AvgIpc) is 2.15. The lowest BCUT2D eigenvalue weighted by molar-refractivity contribution is 0.120. The molecule has 0 aliphatic carbocycles. The molecule has 2 rings (SSSR count). The number of thioether (sulfide) groups is 1. The standard InChI is InChI=1S/C5H9NOS/c1-3-7-5-6(1)2-4-8-5/h5H,1-4H2. The summed E-state index contributed by atoms with van der Waals surface area (Å²) >= 11 is 1.92. The summed E-state index contributed by atoms with van der Waals surface area (Å²) in [5.41, 5.74) is 0.426. The molecule has 0 aromatic heterocycles. The first-order chi connectivity index (χ1) is 3.97. The molecule has 0 radical (unpaired) electrons. The molecule has 2 saturated heterocycles. The molecule has 2 heterocycles. The second-order valence-electron chi connectivity index (χ2n) is 2.08. The first-order valence-electron chi connectivity index (χ1n) is 2.94. The summed E-state index contributed by atoms with van der Waals surface area (Å²) in [4.78, 5) is 2.38. The molecule has 2 nitrogen and oxygen atoms in total. The van der Waals surface area contributed by atoms with Crippen LogP contribution in [0.1, 0.15) is 0 Å². The molecule has 0 aromatic carbocycles. The Hall–Kier alpha value is 0.270. The van der Waals surface area contributed by atoms with Gasteiger partial charge in [-0.2, -0.15) is 0 Å². The summed E-state index contributed by atoms with van der Waals surface area (Å²) in [7, 11) is 0. The lowest BCUT2D eigenvalue weighted by Crippen LogP contribution is -2.21.